The van der Waals surface area contributed by atoms with Crippen LogP contribution in [0.3, 0.4) is 0 Å². The highest BCUT2D eigenvalue weighted by Crippen LogP contribution is 2.18. The van der Waals surface area contributed by atoms with Crippen LogP contribution in [0.15, 0.2) is 60.7 Å². The minimum atomic E-state index is 0.0314. The second-order valence-electron chi connectivity index (χ2n) is 6.98. The number of amides is 2. The van der Waals surface area contributed by atoms with Crippen molar-refractivity contribution in [2.45, 2.75) is 25.8 Å². The first-order valence-corrected chi connectivity index (χ1v) is 9.59. The predicted octanol–water partition coefficient (Wildman–Crippen LogP) is 3.04. The molecular formula is C22H27N3O2. The van der Waals surface area contributed by atoms with Crippen LogP contribution in [0.5, 0.6) is 0 Å². The number of nitrogens with one attached hydrogen (secondary N) is 2. The molecule has 0 aromatic heterocycles. The Morgan fingerprint density at radius 3 is 2.22 bits per heavy atom. The van der Waals surface area contributed by atoms with Crippen LogP contribution in [0.4, 0.5) is 5.69 Å². The van der Waals surface area contributed by atoms with Gasteiger partial charge in [-0.2, -0.15) is 0 Å². The van der Waals surface area contributed by atoms with Crippen LogP contribution in [0.1, 0.15) is 24.8 Å². The SMILES string of the molecule is O=C(CCN1CCC(C(=O)NCc2ccccc2)CC1)Nc1ccccc1. The molecule has 0 atom stereocenters. The molecular weight excluding hydrogens is 338 g/mol. The van der Waals surface area contributed by atoms with E-state index in [1.165, 1.54) is 0 Å². The summed E-state index contributed by atoms with van der Waals surface area (Å²) >= 11 is 0. The van der Waals surface area contributed by atoms with Crippen LogP contribution >= 0.6 is 0 Å². The standard InChI is InChI=1S/C22H27N3O2/c26-21(24-20-9-5-2-6-10-20)13-16-25-14-11-19(12-15-25)22(27)23-17-18-7-3-1-4-8-18/h1-10,19H,11-17H2,(H,23,27)(H,24,26). The topological polar surface area (TPSA) is 61.4 Å². The third-order valence-electron chi connectivity index (χ3n) is 4.98. The average molecular weight is 365 g/mol. The summed E-state index contributed by atoms with van der Waals surface area (Å²) in [5.74, 6) is 0.243. The molecule has 5 nitrogen and oxygen atoms in total. The zero-order valence-corrected chi connectivity index (χ0v) is 15.6. The predicted molar refractivity (Wildman–Crippen MR) is 107 cm³/mol. The summed E-state index contributed by atoms with van der Waals surface area (Å²) < 4.78 is 0. The van der Waals surface area contributed by atoms with Crippen molar-refractivity contribution in [3.63, 3.8) is 0 Å². The minimum Gasteiger partial charge on any atom is -0.352 e. The van der Waals surface area contributed by atoms with Crippen molar-refractivity contribution in [3.05, 3.63) is 66.2 Å². The summed E-state index contributed by atoms with van der Waals surface area (Å²) in [6.45, 7) is 3.04. The molecule has 2 amide bonds. The van der Waals surface area contributed by atoms with Gasteiger partial charge in [0.1, 0.15) is 0 Å². The van der Waals surface area contributed by atoms with Gasteiger partial charge in [-0.1, -0.05) is 48.5 Å². The Morgan fingerprint density at radius 1 is 0.926 bits per heavy atom. The zero-order chi connectivity index (χ0) is 18.9. The second-order valence-corrected chi connectivity index (χ2v) is 6.98. The maximum atomic E-state index is 12.4. The summed E-state index contributed by atoms with van der Waals surface area (Å²) in [5.41, 5.74) is 1.95. The number of hydrogen-bond donors (Lipinski definition) is 2. The molecule has 0 spiro atoms. The van der Waals surface area contributed by atoms with E-state index in [1.807, 2.05) is 60.7 Å². The van der Waals surface area contributed by atoms with Crippen molar-refractivity contribution in [3.8, 4) is 0 Å². The average Bonchev–Trinajstić information content (AvgIpc) is 2.72. The van der Waals surface area contributed by atoms with Crippen molar-refractivity contribution in [1.29, 1.82) is 0 Å². The van der Waals surface area contributed by atoms with Crippen LogP contribution in [-0.4, -0.2) is 36.3 Å². The smallest absolute Gasteiger partial charge is 0.225 e. The minimum absolute atomic E-state index is 0.0314. The van der Waals surface area contributed by atoms with Crippen molar-refractivity contribution in [2.75, 3.05) is 25.0 Å². The van der Waals surface area contributed by atoms with Gasteiger partial charge in [-0.3, -0.25) is 9.59 Å². The van der Waals surface area contributed by atoms with E-state index in [9.17, 15) is 9.59 Å². The molecule has 0 bridgehead atoms. The Labute approximate surface area is 160 Å². The van der Waals surface area contributed by atoms with Crippen molar-refractivity contribution < 1.29 is 9.59 Å². The lowest BCUT2D eigenvalue weighted by molar-refractivity contribution is -0.126. The lowest BCUT2D eigenvalue weighted by Crippen LogP contribution is -2.41. The highest BCUT2D eigenvalue weighted by atomic mass is 16.2. The van der Waals surface area contributed by atoms with Crippen LogP contribution in [0.25, 0.3) is 0 Å². The summed E-state index contributed by atoms with van der Waals surface area (Å²) in [4.78, 5) is 26.7. The van der Waals surface area contributed by atoms with E-state index in [2.05, 4.69) is 15.5 Å². The number of carbonyl (C=O) groups excluding carboxylic acids is 2. The summed E-state index contributed by atoms with van der Waals surface area (Å²) in [6, 6.07) is 19.5. The van der Waals surface area contributed by atoms with Crippen LogP contribution in [-0.2, 0) is 16.1 Å². The molecule has 5 heteroatoms. The molecule has 1 saturated heterocycles. The molecule has 2 aromatic rings. The second kappa shape index (κ2) is 9.88. The molecule has 0 aliphatic carbocycles. The van der Waals surface area contributed by atoms with E-state index in [0.717, 1.165) is 43.7 Å². The summed E-state index contributed by atoms with van der Waals surface area (Å²) in [5, 5.41) is 5.95. The molecule has 0 unspecified atom stereocenters. The van der Waals surface area contributed by atoms with Crippen molar-refractivity contribution >= 4 is 17.5 Å². The van der Waals surface area contributed by atoms with E-state index in [1.54, 1.807) is 0 Å². The molecule has 142 valence electrons. The maximum Gasteiger partial charge on any atom is 0.225 e. The quantitative estimate of drug-likeness (QED) is 0.793. The van der Waals surface area contributed by atoms with Crippen LogP contribution in [0, 0.1) is 5.92 Å². The number of piperidine rings is 1. The number of carbonyl (C=O) groups is 2. The molecule has 1 aliphatic heterocycles. The molecule has 0 radical (unpaired) electrons. The number of para-hydroxylation sites is 1. The number of hydrogen-bond acceptors (Lipinski definition) is 3. The van der Waals surface area contributed by atoms with Crippen LogP contribution < -0.4 is 10.6 Å². The maximum absolute atomic E-state index is 12.4. The highest BCUT2D eigenvalue weighted by Gasteiger charge is 2.24. The van der Waals surface area contributed by atoms with Gasteiger partial charge in [-0.25, -0.2) is 0 Å². The van der Waals surface area contributed by atoms with Gasteiger partial charge in [-0.05, 0) is 43.6 Å². The first kappa shape index (κ1) is 19.1. The largest absolute Gasteiger partial charge is 0.352 e. The summed E-state index contributed by atoms with van der Waals surface area (Å²) in [7, 11) is 0. The van der Waals surface area contributed by atoms with E-state index in [0.29, 0.717) is 13.0 Å². The number of anilines is 1. The van der Waals surface area contributed by atoms with E-state index < -0.39 is 0 Å². The fourth-order valence-corrected chi connectivity index (χ4v) is 3.35. The van der Waals surface area contributed by atoms with E-state index in [-0.39, 0.29) is 17.7 Å². The first-order valence-electron chi connectivity index (χ1n) is 9.59. The van der Waals surface area contributed by atoms with E-state index >= 15 is 0 Å². The molecule has 1 aliphatic rings. The van der Waals surface area contributed by atoms with Crippen LogP contribution in [0.2, 0.25) is 0 Å². The van der Waals surface area contributed by atoms with Crippen molar-refractivity contribution in [2.24, 2.45) is 5.92 Å². The molecule has 1 heterocycles. The van der Waals surface area contributed by atoms with E-state index in [4.69, 9.17) is 0 Å². The van der Waals surface area contributed by atoms with Gasteiger partial charge in [0, 0.05) is 31.1 Å². The Bertz CT molecular complexity index is 726. The fraction of sp³-hybridized carbons (Fsp3) is 0.364. The molecule has 27 heavy (non-hydrogen) atoms. The normalized spacial score (nSPS) is 15.3. The highest BCUT2D eigenvalue weighted by molar-refractivity contribution is 5.90. The Hall–Kier alpha value is -2.66. The van der Waals surface area contributed by atoms with Crippen molar-refractivity contribution in [1.82, 2.24) is 10.2 Å². The zero-order valence-electron chi connectivity index (χ0n) is 15.6. The number of likely N-dealkylation sites (tertiary alicyclic amines) is 1. The lowest BCUT2D eigenvalue weighted by Gasteiger charge is -2.31. The van der Waals surface area contributed by atoms with Gasteiger partial charge in [0.2, 0.25) is 11.8 Å². The third kappa shape index (κ3) is 6.22. The molecule has 2 N–H and O–H groups in total. The van der Waals surface area contributed by atoms with Gasteiger partial charge in [0.05, 0.1) is 0 Å². The number of benzene rings is 2. The van der Waals surface area contributed by atoms with Gasteiger partial charge >= 0.3 is 0 Å². The number of rotatable bonds is 7. The summed E-state index contributed by atoms with van der Waals surface area (Å²) in [6.07, 6.45) is 2.17. The van der Waals surface area contributed by atoms with Gasteiger partial charge in [0.15, 0.2) is 0 Å². The lowest BCUT2D eigenvalue weighted by atomic mass is 9.95. The van der Waals surface area contributed by atoms with Gasteiger partial charge < -0.3 is 15.5 Å². The molecule has 2 aromatic carbocycles. The third-order valence-corrected chi connectivity index (χ3v) is 4.98. The molecule has 1 fully saturated rings. The molecule has 3 rings (SSSR count). The fourth-order valence-electron chi connectivity index (χ4n) is 3.35. The molecule has 0 saturated carbocycles. The Morgan fingerprint density at radius 2 is 1.56 bits per heavy atom. The van der Waals surface area contributed by atoms with Gasteiger partial charge in [-0.15, -0.1) is 0 Å². The monoisotopic (exact) mass is 365 g/mol. The Kier molecular flexibility index (Phi) is 6.99. The first-order chi connectivity index (χ1) is 13.2. The number of nitrogens with zero attached hydrogens (tertiary/aromatic N) is 1. The van der Waals surface area contributed by atoms with Gasteiger partial charge in [0.25, 0.3) is 0 Å². The Balaban J connectivity index is 1.33.